The van der Waals surface area contributed by atoms with Gasteiger partial charge in [0.1, 0.15) is 5.82 Å². The molecule has 1 amide bonds. The number of H-pyrrole nitrogens is 1. The Morgan fingerprint density at radius 1 is 1.17 bits per heavy atom. The number of carbonyl (C=O) groups excluding carboxylic acids is 2. The molecule has 0 unspecified atom stereocenters. The Morgan fingerprint density at radius 2 is 1.93 bits per heavy atom. The number of Topliss-reactive ketones (excluding diaryl/α,β-unsaturated/α-hetero) is 1. The number of alkyl halides is 1. The first-order valence-corrected chi connectivity index (χ1v) is 9.90. The molecule has 4 rings (SSSR count). The fraction of sp³-hybridized carbons (Fsp3) is 0.261. The molecule has 1 aliphatic rings. The van der Waals surface area contributed by atoms with Gasteiger partial charge in [0, 0.05) is 29.6 Å². The standard InChI is InChI=1S/C23H23FN4O2/c1-23(2,24)22(30)28-18-13-14(11-12-25-18)20-21(26-15-7-4-3-5-8-15)19-16(27-20)9-6-10-17(19)29/h3-5,7-8,11-13,26-27H,6,9-10H2,1-2H3,(H,25,28,30). The Balaban J connectivity index is 1.76. The zero-order valence-corrected chi connectivity index (χ0v) is 16.9. The fourth-order valence-corrected chi connectivity index (χ4v) is 3.52. The van der Waals surface area contributed by atoms with Gasteiger partial charge >= 0.3 is 0 Å². The summed E-state index contributed by atoms with van der Waals surface area (Å²) in [6.45, 7) is 2.39. The van der Waals surface area contributed by atoms with Gasteiger partial charge in [0.2, 0.25) is 0 Å². The summed E-state index contributed by atoms with van der Waals surface area (Å²) in [4.78, 5) is 32.2. The van der Waals surface area contributed by atoms with Crippen LogP contribution in [0.25, 0.3) is 11.3 Å². The lowest BCUT2D eigenvalue weighted by molar-refractivity contribution is -0.125. The van der Waals surface area contributed by atoms with E-state index < -0.39 is 11.6 Å². The first-order valence-electron chi connectivity index (χ1n) is 9.90. The molecule has 0 atom stereocenters. The highest BCUT2D eigenvalue weighted by Crippen LogP contribution is 2.39. The van der Waals surface area contributed by atoms with Crippen molar-refractivity contribution in [3.63, 3.8) is 0 Å². The summed E-state index contributed by atoms with van der Waals surface area (Å²) in [5, 5.41) is 5.88. The zero-order valence-electron chi connectivity index (χ0n) is 16.9. The molecule has 2 heterocycles. The number of aryl methyl sites for hydroxylation is 1. The van der Waals surface area contributed by atoms with Crippen molar-refractivity contribution in [1.82, 2.24) is 9.97 Å². The lowest BCUT2D eigenvalue weighted by Crippen LogP contribution is -2.32. The van der Waals surface area contributed by atoms with Gasteiger partial charge in [-0.3, -0.25) is 9.59 Å². The van der Waals surface area contributed by atoms with Crippen molar-refractivity contribution in [2.24, 2.45) is 0 Å². The molecule has 0 fully saturated rings. The van der Waals surface area contributed by atoms with Crippen molar-refractivity contribution in [3.8, 4) is 11.3 Å². The first-order chi connectivity index (χ1) is 14.3. The number of halogens is 1. The molecule has 2 aromatic heterocycles. The third-order valence-corrected chi connectivity index (χ3v) is 5.06. The molecule has 30 heavy (non-hydrogen) atoms. The maximum atomic E-state index is 13.9. The van der Waals surface area contributed by atoms with Crippen LogP contribution in [0.1, 0.15) is 42.7 Å². The Morgan fingerprint density at radius 3 is 2.67 bits per heavy atom. The minimum absolute atomic E-state index is 0.0962. The van der Waals surface area contributed by atoms with E-state index >= 15 is 0 Å². The van der Waals surface area contributed by atoms with Gasteiger partial charge in [-0.25, -0.2) is 9.37 Å². The molecular formula is C23H23FN4O2. The smallest absolute Gasteiger partial charge is 0.262 e. The molecule has 7 heteroatoms. The molecule has 0 aliphatic heterocycles. The highest BCUT2D eigenvalue weighted by molar-refractivity contribution is 6.07. The van der Waals surface area contributed by atoms with Crippen LogP contribution in [0.5, 0.6) is 0 Å². The van der Waals surface area contributed by atoms with Crippen LogP contribution in [0.3, 0.4) is 0 Å². The minimum atomic E-state index is -2.02. The number of amides is 1. The highest BCUT2D eigenvalue weighted by Gasteiger charge is 2.28. The van der Waals surface area contributed by atoms with Crippen LogP contribution in [0, 0.1) is 0 Å². The van der Waals surface area contributed by atoms with Crippen LogP contribution >= 0.6 is 0 Å². The van der Waals surface area contributed by atoms with Crippen LogP contribution in [-0.2, 0) is 11.2 Å². The van der Waals surface area contributed by atoms with E-state index in [-0.39, 0.29) is 11.6 Å². The second-order valence-corrected chi connectivity index (χ2v) is 7.85. The van der Waals surface area contributed by atoms with E-state index in [4.69, 9.17) is 0 Å². The molecule has 3 aromatic rings. The van der Waals surface area contributed by atoms with Crippen LogP contribution in [-0.4, -0.2) is 27.3 Å². The third kappa shape index (κ3) is 3.96. The molecule has 0 bridgehead atoms. The largest absolute Gasteiger partial charge is 0.356 e. The van der Waals surface area contributed by atoms with Crippen LogP contribution in [0.15, 0.2) is 48.7 Å². The number of nitrogens with one attached hydrogen (secondary N) is 3. The van der Waals surface area contributed by atoms with Crippen molar-refractivity contribution >= 4 is 28.9 Å². The number of hydrogen-bond donors (Lipinski definition) is 3. The lowest BCUT2D eigenvalue weighted by Gasteiger charge is -2.15. The topological polar surface area (TPSA) is 86.9 Å². The summed E-state index contributed by atoms with van der Waals surface area (Å²) in [6, 6.07) is 13.1. The number of aromatic nitrogens is 2. The average Bonchev–Trinajstić information content (AvgIpc) is 3.08. The lowest BCUT2D eigenvalue weighted by atomic mass is 9.95. The molecule has 1 aliphatic carbocycles. The van der Waals surface area contributed by atoms with Gasteiger partial charge in [0.25, 0.3) is 5.91 Å². The summed E-state index contributed by atoms with van der Waals surface area (Å²) in [6.07, 6.45) is 3.65. The second-order valence-electron chi connectivity index (χ2n) is 7.85. The minimum Gasteiger partial charge on any atom is -0.356 e. The Labute approximate surface area is 173 Å². The van der Waals surface area contributed by atoms with Gasteiger partial charge in [-0.1, -0.05) is 18.2 Å². The normalized spacial score (nSPS) is 13.6. The number of pyridine rings is 1. The molecule has 154 valence electrons. The SMILES string of the molecule is CC(C)(F)C(=O)Nc1cc(-c2[nH]c3c(c2Nc2ccccc2)C(=O)CCC3)ccn1. The van der Waals surface area contributed by atoms with Crippen molar-refractivity contribution in [1.29, 1.82) is 0 Å². The third-order valence-electron chi connectivity index (χ3n) is 5.06. The number of aromatic amines is 1. The monoisotopic (exact) mass is 406 g/mol. The zero-order chi connectivity index (χ0) is 21.3. The van der Waals surface area contributed by atoms with Crippen molar-refractivity contribution < 1.29 is 14.0 Å². The van der Waals surface area contributed by atoms with E-state index in [9.17, 15) is 14.0 Å². The van der Waals surface area contributed by atoms with E-state index in [1.54, 1.807) is 18.3 Å². The number of para-hydroxylation sites is 1. The summed E-state index contributed by atoms with van der Waals surface area (Å²) in [5.41, 5.74) is 2.58. The van der Waals surface area contributed by atoms with E-state index in [1.807, 2.05) is 30.3 Å². The number of anilines is 3. The molecule has 0 saturated heterocycles. The van der Waals surface area contributed by atoms with E-state index in [0.29, 0.717) is 17.7 Å². The number of hydrogen-bond acceptors (Lipinski definition) is 4. The molecule has 0 saturated carbocycles. The molecule has 0 radical (unpaired) electrons. The summed E-state index contributed by atoms with van der Waals surface area (Å²) < 4.78 is 13.9. The first kappa shape index (κ1) is 19.8. The van der Waals surface area contributed by atoms with Crippen molar-refractivity contribution in [2.75, 3.05) is 10.6 Å². The van der Waals surface area contributed by atoms with E-state index in [1.165, 1.54) is 13.8 Å². The quantitative estimate of drug-likeness (QED) is 0.555. The van der Waals surface area contributed by atoms with Gasteiger partial charge in [-0.05, 0) is 51.0 Å². The molecule has 1 aromatic carbocycles. The van der Waals surface area contributed by atoms with Gasteiger partial charge in [-0.15, -0.1) is 0 Å². The number of rotatable bonds is 5. The van der Waals surface area contributed by atoms with E-state index in [2.05, 4.69) is 20.6 Å². The van der Waals surface area contributed by atoms with Crippen LogP contribution in [0.4, 0.5) is 21.6 Å². The number of carbonyl (C=O) groups is 2. The van der Waals surface area contributed by atoms with Crippen molar-refractivity contribution in [3.05, 3.63) is 59.9 Å². The highest BCUT2D eigenvalue weighted by atomic mass is 19.1. The molecule has 6 nitrogen and oxygen atoms in total. The fourth-order valence-electron chi connectivity index (χ4n) is 3.52. The summed E-state index contributed by atoms with van der Waals surface area (Å²) >= 11 is 0. The van der Waals surface area contributed by atoms with Gasteiger partial charge in [0.05, 0.1) is 16.9 Å². The molecular weight excluding hydrogens is 383 g/mol. The van der Waals surface area contributed by atoms with Gasteiger partial charge in [-0.2, -0.15) is 0 Å². The number of fused-ring (bicyclic) bond motifs is 1. The Bertz CT molecular complexity index is 1100. The maximum absolute atomic E-state index is 13.9. The van der Waals surface area contributed by atoms with Crippen LogP contribution < -0.4 is 10.6 Å². The number of ketones is 1. The second kappa shape index (κ2) is 7.74. The molecule has 0 spiro atoms. The van der Waals surface area contributed by atoms with Crippen LogP contribution in [0.2, 0.25) is 0 Å². The van der Waals surface area contributed by atoms with Gasteiger partial charge < -0.3 is 15.6 Å². The van der Waals surface area contributed by atoms with Crippen molar-refractivity contribution in [2.45, 2.75) is 38.8 Å². The Hall–Kier alpha value is -3.48. The Kier molecular flexibility index (Phi) is 5.11. The number of nitrogens with zero attached hydrogens (tertiary/aromatic N) is 1. The van der Waals surface area contributed by atoms with E-state index in [0.717, 1.165) is 35.5 Å². The molecule has 3 N–H and O–H groups in total. The average molecular weight is 406 g/mol. The predicted molar refractivity (Wildman–Crippen MR) is 115 cm³/mol. The number of benzene rings is 1. The van der Waals surface area contributed by atoms with Gasteiger partial charge in [0.15, 0.2) is 11.5 Å². The maximum Gasteiger partial charge on any atom is 0.262 e. The predicted octanol–water partition coefficient (Wildman–Crippen LogP) is 5.03. The summed E-state index contributed by atoms with van der Waals surface area (Å²) in [5.74, 6) is -0.428. The summed E-state index contributed by atoms with van der Waals surface area (Å²) in [7, 11) is 0.